The first-order valence-corrected chi connectivity index (χ1v) is 5.14. The second kappa shape index (κ2) is 5.91. The quantitative estimate of drug-likeness (QED) is 0.439. The number of rotatable bonds is 4. The molecule has 0 unspecified atom stereocenters. The number of hydrogen-bond acceptors (Lipinski definition) is 2. The van der Waals surface area contributed by atoms with Crippen LogP contribution in [0.25, 0.3) is 6.08 Å². The third kappa shape index (κ3) is 4.60. The first-order chi connectivity index (χ1) is 7.58. The van der Waals surface area contributed by atoms with E-state index in [9.17, 15) is 4.79 Å². The zero-order valence-corrected chi connectivity index (χ0v) is 9.69. The van der Waals surface area contributed by atoms with Crippen LogP contribution in [0, 0.1) is 6.92 Å². The largest absolute Gasteiger partial charge is 0.458 e. The van der Waals surface area contributed by atoms with E-state index in [-0.39, 0.29) is 12.6 Å². The van der Waals surface area contributed by atoms with Crippen molar-refractivity contribution in [3.8, 4) is 0 Å². The van der Waals surface area contributed by atoms with Crippen LogP contribution in [0.4, 0.5) is 0 Å². The number of esters is 1. The minimum absolute atomic E-state index is 0.275. The Kier molecular flexibility index (Phi) is 4.52. The molecular weight excluding hydrogens is 200 g/mol. The predicted molar refractivity (Wildman–Crippen MR) is 66.0 cm³/mol. The third-order valence-corrected chi connectivity index (χ3v) is 1.95. The van der Waals surface area contributed by atoms with Gasteiger partial charge < -0.3 is 4.74 Å². The van der Waals surface area contributed by atoms with E-state index in [4.69, 9.17) is 4.74 Å². The number of aryl methyl sites for hydroxylation is 1. The van der Waals surface area contributed by atoms with Gasteiger partial charge in [0.05, 0.1) is 0 Å². The minimum Gasteiger partial charge on any atom is -0.458 e. The summed E-state index contributed by atoms with van der Waals surface area (Å²) in [7, 11) is 0. The molecule has 0 N–H and O–H groups in total. The SMILES string of the molecule is C=C(C)COC(=O)/C=C/c1ccc(C)cc1. The Hall–Kier alpha value is -1.83. The summed E-state index contributed by atoms with van der Waals surface area (Å²) >= 11 is 0. The van der Waals surface area contributed by atoms with E-state index in [0.717, 1.165) is 11.1 Å². The van der Waals surface area contributed by atoms with Crippen molar-refractivity contribution in [1.82, 2.24) is 0 Å². The van der Waals surface area contributed by atoms with Crippen LogP contribution in [0.15, 0.2) is 42.5 Å². The molecule has 0 aromatic heterocycles. The molecule has 0 amide bonds. The highest BCUT2D eigenvalue weighted by atomic mass is 16.5. The zero-order chi connectivity index (χ0) is 12.0. The van der Waals surface area contributed by atoms with E-state index in [1.165, 1.54) is 11.6 Å². The second-order valence-electron chi connectivity index (χ2n) is 3.81. The van der Waals surface area contributed by atoms with Crippen molar-refractivity contribution in [2.24, 2.45) is 0 Å². The summed E-state index contributed by atoms with van der Waals surface area (Å²) in [5.41, 5.74) is 3.01. The summed E-state index contributed by atoms with van der Waals surface area (Å²) in [6.07, 6.45) is 3.16. The molecule has 0 heterocycles. The maximum absolute atomic E-state index is 11.2. The predicted octanol–water partition coefficient (Wildman–Crippen LogP) is 3.13. The van der Waals surface area contributed by atoms with Gasteiger partial charge in [0, 0.05) is 6.08 Å². The highest BCUT2D eigenvalue weighted by Crippen LogP contribution is 2.05. The van der Waals surface area contributed by atoms with Crippen molar-refractivity contribution in [3.05, 3.63) is 53.6 Å². The average molecular weight is 216 g/mol. The van der Waals surface area contributed by atoms with Gasteiger partial charge in [0.15, 0.2) is 0 Å². The maximum atomic E-state index is 11.2. The molecule has 1 aromatic carbocycles. The second-order valence-corrected chi connectivity index (χ2v) is 3.81. The van der Waals surface area contributed by atoms with E-state index in [1.807, 2.05) is 38.1 Å². The molecule has 0 aliphatic rings. The van der Waals surface area contributed by atoms with Crippen LogP contribution in [0.3, 0.4) is 0 Å². The van der Waals surface area contributed by atoms with Crippen molar-refractivity contribution >= 4 is 12.0 Å². The van der Waals surface area contributed by atoms with Crippen LogP contribution < -0.4 is 0 Å². The molecule has 1 aromatic rings. The average Bonchev–Trinajstić information content (AvgIpc) is 2.25. The molecule has 0 aliphatic carbocycles. The molecule has 1 rings (SSSR count). The maximum Gasteiger partial charge on any atom is 0.331 e. The summed E-state index contributed by atoms with van der Waals surface area (Å²) in [5, 5.41) is 0. The monoisotopic (exact) mass is 216 g/mol. The van der Waals surface area contributed by atoms with Gasteiger partial charge in [-0.3, -0.25) is 0 Å². The first-order valence-electron chi connectivity index (χ1n) is 5.14. The Morgan fingerprint density at radius 2 is 2.00 bits per heavy atom. The van der Waals surface area contributed by atoms with Crippen molar-refractivity contribution in [3.63, 3.8) is 0 Å². The number of hydrogen-bond donors (Lipinski definition) is 0. The molecule has 16 heavy (non-hydrogen) atoms. The van der Waals surface area contributed by atoms with E-state index in [0.29, 0.717) is 0 Å². The number of carbonyl (C=O) groups is 1. The van der Waals surface area contributed by atoms with Crippen LogP contribution in [-0.4, -0.2) is 12.6 Å². The van der Waals surface area contributed by atoms with Crippen molar-refractivity contribution in [1.29, 1.82) is 0 Å². The highest BCUT2D eigenvalue weighted by molar-refractivity contribution is 5.87. The van der Waals surface area contributed by atoms with Gasteiger partial charge in [-0.25, -0.2) is 4.79 Å². The van der Waals surface area contributed by atoms with Gasteiger partial charge in [-0.2, -0.15) is 0 Å². The Labute approximate surface area is 96.2 Å². The highest BCUT2D eigenvalue weighted by Gasteiger charge is 1.96. The molecule has 0 fully saturated rings. The molecule has 0 bridgehead atoms. The van der Waals surface area contributed by atoms with Gasteiger partial charge >= 0.3 is 5.97 Å². The fraction of sp³-hybridized carbons (Fsp3) is 0.214. The van der Waals surface area contributed by atoms with Crippen LogP contribution in [0.5, 0.6) is 0 Å². The zero-order valence-electron chi connectivity index (χ0n) is 9.69. The van der Waals surface area contributed by atoms with Crippen molar-refractivity contribution < 1.29 is 9.53 Å². The van der Waals surface area contributed by atoms with Crippen molar-refractivity contribution in [2.45, 2.75) is 13.8 Å². The molecule has 2 nitrogen and oxygen atoms in total. The van der Waals surface area contributed by atoms with E-state index in [1.54, 1.807) is 6.08 Å². The van der Waals surface area contributed by atoms with Crippen LogP contribution >= 0.6 is 0 Å². The summed E-state index contributed by atoms with van der Waals surface area (Å²) in [6.45, 7) is 7.77. The Morgan fingerprint density at radius 3 is 2.56 bits per heavy atom. The third-order valence-electron chi connectivity index (χ3n) is 1.95. The fourth-order valence-corrected chi connectivity index (χ4v) is 1.08. The Bertz CT molecular complexity index is 399. The summed E-state index contributed by atoms with van der Waals surface area (Å²) < 4.78 is 4.92. The standard InChI is InChI=1S/C14H16O2/c1-11(2)10-16-14(15)9-8-13-6-4-12(3)5-7-13/h4-9H,1,10H2,2-3H3/b9-8+. The van der Waals surface area contributed by atoms with Crippen LogP contribution in [0.1, 0.15) is 18.1 Å². The summed E-state index contributed by atoms with van der Waals surface area (Å²) in [5.74, 6) is -0.344. The molecule has 0 aliphatic heterocycles. The molecule has 2 heteroatoms. The first kappa shape index (κ1) is 12.2. The Balaban J connectivity index is 2.50. The van der Waals surface area contributed by atoms with Crippen molar-refractivity contribution in [2.75, 3.05) is 6.61 Å². The molecular formula is C14H16O2. The topological polar surface area (TPSA) is 26.3 Å². The number of carbonyl (C=O) groups excluding carboxylic acids is 1. The lowest BCUT2D eigenvalue weighted by Gasteiger charge is -1.99. The lowest BCUT2D eigenvalue weighted by molar-refractivity contribution is -0.136. The van der Waals surface area contributed by atoms with Gasteiger partial charge in [0.2, 0.25) is 0 Å². The van der Waals surface area contributed by atoms with Gasteiger partial charge in [-0.1, -0.05) is 36.4 Å². The van der Waals surface area contributed by atoms with Gasteiger partial charge in [-0.15, -0.1) is 0 Å². The van der Waals surface area contributed by atoms with Crippen LogP contribution in [-0.2, 0) is 9.53 Å². The number of ether oxygens (including phenoxy) is 1. The molecule has 84 valence electrons. The van der Waals surface area contributed by atoms with Crippen LogP contribution in [0.2, 0.25) is 0 Å². The molecule has 0 atom stereocenters. The van der Waals surface area contributed by atoms with E-state index >= 15 is 0 Å². The molecule has 0 saturated carbocycles. The van der Waals surface area contributed by atoms with Gasteiger partial charge in [0.25, 0.3) is 0 Å². The summed E-state index contributed by atoms with van der Waals surface area (Å²) in [6, 6.07) is 7.91. The van der Waals surface area contributed by atoms with Gasteiger partial charge in [-0.05, 0) is 31.1 Å². The molecule has 0 spiro atoms. The summed E-state index contributed by atoms with van der Waals surface area (Å²) in [4.78, 5) is 11.2. The molecule has 0 saturated heterocycles. The number of benzene rings is 1. The smallest absolute Gasteiger partial charge is 0.331 e. The Morgan fingerprint density at radius 1 is 1.38 bits per heavy atom. The lowest BCUT2D eigenvalue weighted by Crippen LogP contribution is -2.02. The normalized spacial score (nSPS) is 10.4. The fourth-order valence-electron chi connectivity index (χ4n) is 1.08. The lowest BCUT2D eigenvalue weighted by atomic mass is 10.1. The van der Waals surface area contributed by atoms with E-state index in [2.05, 4.69) is 6.58 Å². The van der Waals surface area contributed by atoms with E-state index < -0.39 is 0 Å². The molecule has 0 radical (unpaired) electrons. The van der Waals surface area contributed by atoms with Gasteiger partial charge in [0.1, 0.15) is 6.61 Å². The minimum atomic E-state index is -0.344.